The molecule has 0 amide bonds. The summed E-state index contributed by atoms with van der Waals surface area (Å²) in [5, 5.41) is 0. The number of rotatable bonds is 3. The van der Waals surface area contributed by atoms with Crippen LogP contribution in [0.15, 0.2) is 18.2 Å². The second-order valence-corrected chi connectivity index (χ2v) is 6.76. The number of alkyl halides is 1. The summed E-state index contributed by atoms with van der Waals surface area (Å²) in [4.78, 5) is 0. The van der Waals surface area contributed by atoms with Crippen LogP contribution in [0.5, 0.6) is 0 Å². The van der Waals surface area contributed by atoms with Gasteiger partial charge in [-0.1, -0.05) is 19.1 Å². The van der Waals surface area contributed by atoms with Gasteiger partial charge in [-0.3, -0.25) is 4.39 Å². The molecule has 0 bridgehead atoms. The Kier molecular flexibility index (Phi) is 5.09. The van der Waals surface area contributed by atoms with Crippen molar-refractivity contribution in [2.24, 2.45) is 11.8 Å². The fourth-order valence-electron chi connectivity index (χ4n) is 3.44. The molecule has 22 heavy (non-hydrogen) atoms. The molecule has 0 atom stereocenters. The SMILES string of the molecule is CC1COC(c2ccc(C3CCC(CF)CC3)c(F)c2)OC1. The third-order valence-corrected chi connectivity index (χ3v) is 4.87. The van der Waals surface area contributed by atoms with Gasteiger partial charge in [0.25, 0.3) is 0 Å². The Morgan fingerprint density at radius 2 is 1.77 bits per heavy atom. The molecule has 122 valence electrons. The molecule has 0 N–H and O–H groups in total. The van der Waals surface area contributed by atoms with Crippen molar-refractivity contribution in [1.82, 2.24) is 0 Å². The molecule has 2 aliphatic rings. The molecule has 0 radical (unpaired) electrons. The zero-order chi connectivity index (χ0) is 15.5. The average Bonchev–Trinajstić information content (AvgIpc) is 2.56. The Labute approximate surface area is 130 Å². The fraction of sp³-hybridized carbons (Fsp3) is 0.667. The molecule has 2 nitrogen and oxygen atoms in total. The van der Waals surface area contributed by atoms with Crippen LogP contribution in [0.1, 0.15) is 55.9 Å². The summed E-state index contributed by atoms with van der Waals surface area (Å²) >= 11 is 0. The molecular weight excluding hydrogens is 286 g/mol. The first-order valence-electron chi connectivity index (χ1n) is 8.26. The van der Waals surface area contributed by atoms with Gasteiger partial charge in [0.1, 0.15) is 5.82 Å². The Morgan fingerprint density at radius 1 is 1.09 bits per heavy atom. The van der Waals surface area contributed by atoms with Crippen molar-refractivity contribution in [3.05, 3.63) is 35.1 Å². The molecule has 1 aliphatic heterocycles. The van der Waals surface area contributed by atoms with E-state index in [2.05, 4.69) is 6.92 Å². The zero-order valence-corrected chi connectivity index (χ0v) is 13.1. The minimum Gasteiger partial charge on any atom is -0.348 e. The highest BCUT2D eigenvalue weighted by Crippen LogP contribution is 2.38. The number of benzene rings is 1. The van der Waals surface area contributed by atoms with Gasteiger partial charge in [0.05, 0.1) is 19.9 Å². The molecule has 1 aromatic rings. The molecule has 0 aromatic heterocycles. The van der Waals surface area contributed by atoms with Gasteiger partial charge in [-0.15, -0.1) is 0 Å². The van der Waals surface area contributed by atoms with Crippen LogP contribution in [-0.4, -0.2) is 19.9 Å². The summed E-state index contributed by atoms with van der Waals surface area (Å²) in [6.45, 7) is 3.10. The summed E-state index contributed by atoms with van der Waals surface area (Å²) < 4.78 is 38.4. The minimum atomic E-state index is -0.456. The van der Waals surface area contributed by atoms with Gasteiger partial charge in [-0.2, -0.15) is 0 Å². The largest absolute Gasteiger partial charge is 0.348 e. The predicted octanol–water partition coefficient (Wildman–Crippen LogP) is 4.75. The third-order valence-electron chi connectivity index (χ3n) is 4.87. The van der Waals surface area contributed by atoms with E-state index in [4.69, 9.17) is 9.47 Å². The molecule has 3 rings (SSSR count). The molecule has 1 aliphatic carbocycles. The van der Waals surface area contributed by atoms with Crippen LogP contribution in [0, 0.1) is 17.7 Å². The number of ether oxygens (including phenoxy) is 2. The van der Waals surface area contributed by atoms with E-state index in [1.54, 1.807) is 0 Å². The van der Waals surface area contributed by atoms with E-state index in [0.29, 0.717) is 19.1 Å². The molecular formula is C18H24F2O2. The predicted molar refractivity (Wildman–Crippen MR) is 80.9 cm³/mol. The Bertz CT molecular complexity index is 490. The van der Waals surface area contributed by atoms with Crippen LogP contribution in [0.2, 0.25) is 0 Å². The first-order valence-corrected chi connectivity index (χ1v) is 8.26. The van der Waals surface area contributed by atoms with Gasteiger partial charge in [0, 0.05) is 11.5 Å². The molecule has 1 aromatic carbocycles. The van der Waals surface area contributed by atoms with Crippen molar-refractivity contribution >= 4 is 0 Å². The van der Waals surface area contributed by atoms with Gasteiger partial charge < -0.3 is 9.47 Å². The highest BCUT2D eigenvalue weighted by Gasteiger charge is 2.26. The lowest BCUT2D eigenvalue weighted by molar-refractivity contribution is -0.202. The van der Waals surface area contributed by atoms with Gasteiger partial charge in [-0.25, -0.2) is 4.39 Å². The normalized spacial score (nSPS) is 32.9. The summed E-state index contributed by atoms with van der Waals surface area (Å²) in [6, 6.07) is 5.30. The summed E-state index contributed by atoms with van der Waals surface area (Å²) in [7, 11) is 0. The van der Waals surface area contributed by atoms with Crippen molar-refractivity contribution in [3.63, 3.8) is 0 Å². The average molecular weight is 310 g/mol. The standard InChI is InChI=1S/C18H24F2O2/c1-12-10-21-18(22-11-12)15-6-7-16(17(20)8-15)14-4-2-13(9-19)3-5-14/h6-8,12-14,18H,2-5,9-11H2,1H3. The van der Waals surface area contributed by atoms with Crippen LogP contribution >= 0.6 is 0 Å². The second kappa shape index (κ2) is 7.05. The van der Waals surface area contributed by atoms with E-state index in [-0.39, 0.29) is 24.3 Å². The van der Waals surface area contributed by atoms with Crippen LogP contribution in [-0.2, 0) is 9.47 Å². The quantitative estimate of drug-likeness (QED) is 0.802. The van der Waals surface area contributed by atoms with Gasteiger partial charge >= 0.3 is 0 Å². The highest BCUT2D eigenvalue weighted by atomic mass is 19.1. The summed E-state index contributed by atoms with van der Waals surface area (Å²) in [6.07, 6.45) is 3.00. The third kappa shape index (κ3) is 3.49. The molecule has 1 saturated carbocycles. The minimum absolute atomic E-state index is 0.171. The van der Waals surface area contributed by atoms with Gasteiger partial charge in [-0.05, 0) is 49.1 Å². The van der Waals surface area contributed by atoms with Crippen molar-refractivity contribution in [2.45, 2.75) is 44.8 Å². The van der Waals surface area contributed by atoms with E-state index < -0.39 is 6.29 Å². The highest BCUT2D eigenvalue weighted by molar-refractivity contribution is 5.28. The lowest BCUT2D eigenvalue weighted by Gasteiger charge is -2.29. The molecule has 4 heteroatoms. The fourth-order valence-corrected chi connectivity index (χ4v) is 3.44. The van der Waals surface area contributed by atoms with Crippen LogP contribution < -0.4 is 0 Å². The molecule has 1 saturated heterocycles. The Balaban J connectivity index is 1.67. The number of hydrogen-bond donors (Lipinski definition) is 0. The van der Waals surface area contributed by atoms with E-state index in [9.17, 15) is 8.78 Å². The lowest BCUT2D eigenvalue weighted by atomic mass is 9.79. The van der Waals surface area contributed by atoms with Gasteiger partial charge in [0.2, 0.25) is 0 Å². The first-order chi connectivity index (χ1) is 10.7. The van der Waals surface area contributed by atoms with Crippen molar-refractivity contribution in [3.8, 4) is 0 Å². The second-order valence-electron chi connectivity index (χ2n) is 6.76. The maximum absolute atomic E-state index is 14.5. The topological polar surface area (TPSA) is 18.5 Å². The number of halogens is 2. The van der Waals surface area contributed by atoms with Crippen LogP contribution in [0.25, 0.3) is 0 Å². The maximum atomic E-state index is 14.5. The van der Waals surface area contributed by atoms with Crippen molar-refractivity contribution in [1.29, 1.82) is 0 Å². The molecule has 0 unspecified atom stereocenters. The summed E-state index contributed by atoms with van der Waals surface area (Å²) in [5.74, 6) is 0.577. The van der Waals surface area contributed by atoms with Crippen molar-refractivity contribution in [2.75, 3.05) is 19.9 Å². The monoisotopic (exact) mass is 310 g/mol. The van der Waals surface area contributed by atoms with Gasteiger partial charge in [0.15, 0.2) is 6.29 Å². The smallest absolute Gasteiger partial charge is 0.183 e. The Morgan fingerprint density at radius 3 is 2.36 bits per heavy atom. The van der Waals surface area contributed by atoms with Crippen LogP contribution in [0.4, 0.5) is 8.78 Å². The van der Waals surface area contributed by atoms with E-state index >= 15 is 0 Å². The van der Waals surface area contributed by atoms with E-state index in [1.807, 2.05) is 12.1 Å². The maximum Gasteiger partial charge on any atom is 0.183 e. The zero-order valence-electron chi connectivity index (χ0n) is 13.1. The summed E-state index contributed by atoms with van der Waals surface area (Å²) in [5.41, 5.74) is 1.50. The Hall–Kier alpha value is -1.00. The van der Waals surface area contributed by atoms with Crippen molar-refractivity contribution < 1.29 is 18.3 Å². The molecule has 1 heterocycles. The first kappa shape index (κ1) is 15.9. The lowest BCUT2D eigenvalue weighted by Crippen LogP contribution is -2.25. The number of hydrogen-bond acceptors (Lipinski definition) is 2. The van der Waals surface area contributed by atoms with Crippen LogP contribution in [0.3, 0.4) is 0 Å². The van der Waals surface area contributed by atoms with E-state index in [0.717, 1.165) is 36.8 Å². The molecule has 2 fully saturated rings. The van der Waals surface area contributed by atoms with E-state index in [1.165, 1.54) is 6.07 Å². The molecule has 0 spiro atoms.